The molecule has 6 nitrogen and oxygen atoms in total. The number of fused-ring (bicyclic) bond motifs is 1. The lowest BCUT2D eigenvalue weighted by atomic mass is 10.2. The summed E-state index contributed by atoms with van der Waals surface area (Å²) in [5.41, 5.74) is 3.04. The number of carbonyl (C=O) groups is 1. The van der Waals surface area contributed by atoms with Crippen molar-refractivity contribution < 1.29 is 9.53 Å². The minimum absolute atomic E-state index is 0.235. The molecular formula is C19H18N4O2. The van der Waals surface area contributed by atoms with E-state index in [-0.39, 0.29) is 5.97 Å². The highest BCUT2D eigenvalue weighted by atomic mass is 16.5. The smallest absolute Gasteiger partial charge is 0.305 e. The SMILES string of the molecule is COC(=O)CCCc1nc2ccccc2nc1N=Nc1ccccc1. The van der Waals surface area contributed by atoms with Crippen LogP contribution in [0.25, 0.3) is 11.0 Å². The maximum atomic E-state index is 11.3. The van der Waals surface area contributed by atoms with Gasteiger partial charge in [-0.25, -0.2) is 9.97 Å². The molecule has 0 aliphatic heterocycles. The molecule has 25 heavy (non-hydrogen) atoms. The number of aromatic nitrogens is 2. The van der Waals surface area contributed by atoms with Gasteiger partial charge in [-0.15, -0.1) is 10.2 Å². The second-order valence-electron chi connectivity index (χ2n) is 5.45. The van der Waals surface area contributed by atoms with Gasteiger partial charge in [0.15, 0.2) is 5.82 Å². The number of carbonyl (C=O) groups excluding carboxylic acids is 1. The van der Waals surface area contributed by atoms with E-state index in [0.717, 1.165) is 22.4 Å². The van der Waals surface area contributed by atoms with Crippen molar-refractivity contribution in [1.82, 2.24) is 9.97 Å². The summed E-state index contributed by atoms with van der Waals surface area (Å²) in [7, 11) is 1.39. The van der Waals surface area contributed by atoms with E-state index in [4.69, 9.17) is 0 Å². The molecule has 3 aromatic rings. The minimum Gasteiger partial charge on any atom is -0.469 e. The summed E-state index contributed by atoms with van der Waals surface area (Å²) in [4.78, 5) is 20.5. The second kappa shape index (κ2) is 8.10. The summed E-state index contributed by atoms with van der Waals surface area (Å²) in [6.45, 7) is 0. The fraction of sp³-hybridized carbons (Fsp3) is 0.211. The molecule has 0 N–H and O–H groups in total. The Kier molecular flexibility index (Phi) is 5.41. The van der Waals surface area contributed by atoms with E-state index >= 15 is 0 Å². The monoisotopic (exact) mass is 334 g/mol. The average molecular weight is 334 g/mol. The zero-order chi connectivity index (χ0) is 17.5. The molecule has 0 saturated carbocycles. The van der Waals surface area contributed by atoms with E-state index in [9.17, 15) is 4.79 Å². The highest BCUT2D eigenvalue weighted by Gasteiger charge is 2.10. The molecule has 1 heterocycles. The van der Waals surface area contributed by atoms with Crippen molar-refractivity contribution >= 4 is 28.5 Å². The molecular weight excluding hydrogens is 316 g/mol. The van der Waals surface area contributed by atoms with Crippen LogP contribution in [0.3, 0.4) is 0 Å². The van der Waals surface area contributed by atoms with Crippen LogP contribution >= 0.6 is 0 Å². The first kappa shape index (κ1) is 16.7. The molecule has 0 aliphatic rings. The van der Waals surface area contributed by atoms with E-state index in [1.165, 1.54) is 7.11 Å². The molecule has 0 fully saturated rings. The first-order valence-corrected chi connectivity index (χ1v) is 8.05. The van der Waals surface area contributed by atoms with Crippen LogP contribution in [0.15, 0.2) is 64.8 Å². The number of aryl methyl sites for hydroxylation is 1. The standard InChI is InChI=1S/C19H18N4O2/c1-25-18(24)13-7-12-17-19(23-22-14-8-3-2-4-9-14)21-16-11-6-5-10-15(16)20-17/h2-6,8-11H,7,12-13H2,1H3. The Morgan fingerprint density at radius 3 is 2.36 bits per heavy atom. The molecule has 0 amide bonds. The number of azo groups is 1. The Bertz CT molecular complexity index is 894. The third kappa shape index (κ3) is 4.44. The van der Waals surface area contributed by atoms with Crippen LogP contribution in [-0.4, -0.2) is 23.0 Å². The first-order chi connectivity index (χ1) is 12.3. The van der Waals surface area contributed by atoms with E-state index in [1.54, 1.807) is 0 Å². The van der Waals surface area contributed by atoms with Crippen LogP contribution in [0.4, 0.5) is 11.5 Å². The van der Waals surface area contributed by atoms with Crippen molar-refractivity contribution in [3.8, 4) is 0 Å². The normalized spacial score (nSPS) is 11.1. The van der Waals surface area contributed by atoms with Crippen LogP contribution in [0, 0.1) is 0 Å². The summed E-state index contributed by atoms with van der Waals surface area (Å²) < 4.78 is 4.68. The number of para-hydroxylation sites is 2. The van der Waals surface area contributed by atoms with Gasteiger partial charge in [-0.2, -0.15) is 0 Å². The summed E-state index contributed by atoms with van der Waals surface area (Å²) in [5, 5.41) is 8.51. The van der Waals surface area contributed by atoms with Crippen molar-refractivity contribution in [2.24, 2.45) is 10.2 Å². The van der Waals surface area contributed by atoms with Crippen molar-refractivity contribution in [2.75, 3.05) is 7.11 Å². The fourth-order valence-electron chi connectivity index (χ4n) is 2.38. The van der Waals surface area contributed by atoms with Crippen LogP contribution in [-0.2, 0) is 16.0 Å². The number of esters is 1. The average Bonchev–Trinajstić information content (AvgIpc) is 2.66. The maximum Gasteiger partial charge on any atom is 0.305 e. The minimum atomic E-state index is -0.235. The predicted octanol–water partition coefficient (Wildman–Crippen LogP) is 4.54. The van der Waals surface area contributed by atoms with Gasteiger partial charge in [0.1, 0.15) is 0 Å². The molecule has 0 saturated heterocycles. The summed E-state index contributed by atoms with van der Waals surface area (Å²) in [6.07, 6.45) is 1.53. The Balaban J connectivity index is 1.89. The number of nitrogens with zero attached hydrogens (tertiary/aromatic N) is 4. The lowest BCUT2D eigenvalue weighted by Crippen LogP contribution is -2.02. The number of benzene rings is 2. The van der Waals surface area contributed by atoms with Crippen molar-refractivity contribution in [3.63, 3.8) is 0 Å². The molecule has 0 radical (unpaired) electrons. The maximum absolute atomic E-state index is 11.3. The topological polar surface area (TPSA) is 76.8 Å². The Morgan fingerprint density at radius 1 is 0.960 bits per heavy atom. The number of ether oxygens (including phenoxy) is 1. The van der Waals surface area contributed by atoms with Crippen molar-refractivity contribution in [2.45, 2.75) is 19.3 Å². The summed E-state index contributed by atoms with van der Waals surface area (Å²) in [6, 6.07) is 17.1. The van der Waals surface area contributed by atoms with Crippen LogP contribution in [0.5, 0.6) is 0 Å². The lowest BCUT2D eigenvalue weighted by molar-refractivity contribution is -0.140. The van der Waals surface area contributed by atoms with Gasteiger partial charge in [-0.3, -0.25) is 4.79 Å². The first-order valence-electron chi connectivity index (χ1n) is 8.05. The molecule has 2 aromatic carbocycles. The predicted molar refractivity (Wildman–Crippen MR) is 95.1 cm³/mol. The molecule has 6 heteroatoms. The Morgan fingerprint density at radius 2 is 1.64 bits per heavy atom. The highest BCUT2D eigenvalue weighted by Crippen LogP contribution is 2.23. The van der Waals surface area contributed by atoms with Gasteiger partial charge in [0.25, 0.3) is 0 Å². The fourth-order valence-corrected chi connectivity index (χ4v) is 2.38. The van der Waals surface area contributed by atoms with Crippen molar-refractivity contribution in [1.29, 1.82) is 0 Å². The zero-order valence-corrected chi connectivity index (χ0v) is 13.9. The summed E-state index contributed by atoms with van der Waals surface area (Å²) >= 11 is 0. The number of rotatable bonds is 6. The molecule has 0 spiro atoms. The van der Waals surface area contributed by atoms with Gasteiger partial charge in [-0.1, -0.05) is 30.3 Å². The second-order valence-corrected chi connectivity index (χ2v) is 5.45. The number of hydrogen-bond acceptors (Lipinski definition) is 6. The van der Waals surface area contributed by atoms with Gasteiger partial charge < -0.3 is 4.74 Å². The lowest BCUT2D eigenvalue weighted by Gasteiger charge is -2.06. The van der Waals surface area contributed by atoms with Gasteiger partial charge >= 0.3 is 5.97 Å². The van der Waals surface area contributed by atoms with Crippen LogP contribution in [0.1, 0.15) is 18.5 Å². The highest BCUT2D eigenvalue weighted by molar-refractivity contribution is 5.75. The van der Waals surface area contributed by atoms with Crippen LogP contribution in [0.2, 0.25) is 0 Å². The molecule has 0 atom stereocenters. The van der Waals surface area contributed by atoms with Gasteiger partial charge in [0.05, 0.1) is 29.5 Å². The zero-order valence-electron chi connectivity index (χ0n) is 13.9. The van der Waals surface area contributed by atoms with E-state index < -0.39 is 0 Å². The Labute approximate surface area is 145 Å². The summed E-state index contributed by atoms with van der Waals surface area (Å²) in [5.74, 6) is 0.244. The molecule has 1 aromatic heterocycles. The molecule has 0 unspecified atom stereocenters. The van der Waals surface area contributed by atoms with Gasteiger partial charge in [-0.05, 0) is 37.1 Å². The van der Waals surface area contributed by atoms with E-state index in [2.05, 4.69) is 24.9 Å². The molecule has 126 valence electrons. The number of methoxy groups -OCH3 is 1. The van der Waals surface area contributed by atoms with E-state index in [0.29, 0.717) is 25.1 Å². The molecule has 3 rings (SSSR count). The van der Waals surface area contributed by atoms with Gasteiger partial charge in [0, 0.05) is 6.42 Å². The van der Waals surface area contributed by atoms with Crippen LogP contribution < -0.4 is 0 Å². The third-order valence-corrected chi connectivity index (χ3v) is 3.66. The quantitative estimate of drug-likeness (QED) is 0.490. The Hall–Kier alpha value is -3.15. The molecule has 0 aliphatic carbocycles. The van der Waals surface area contributed by atoms with Crippen molar-refractivity contribution in [3.05, 3.63) is 60.3 Å². The third-order valence-electron chi connectivity index (χ3n) is 3.66. The van der Waals surface area contributed by atoms with E-state index in [1.807, 2.05) is 54.6 Å². The molecule has 0 bridgehead atoms. The largest absolute Gasteiger partial charge is 0.469 e. The number of hydrogen-bond donors (Lipinski definition) is 0. The van der Waals surface area contributed by atoms with Gasteiger partial charge in [0.2, 0.25) is 0 Å².